The summed E-state index contributed by atoms with van der Waals surface area (Å²) in [6.45, 7) is 0. The van der Waals surface area contributed by atoms with Crippen LogP contribution in [0.2, 0.25) is 0 Å². The van der Waals surface area contributed by atoms with Gasteiger partial charge in [0.05, 0.1) is 17.2 Å². The maximum Gasteiger partial charge on any atom is 0.300 e. The van der Waals surface area contributed by atoms with Crippen LogP contribution in [0.25, 0.3) is 11.0 Å². The molecule has 2 heterocycles. The van der Waals surface area contributed by atoms with E-state index in [1.807, 2.05) is 36.4 Å². The first-order chi connectivity index (χ1) is 7.92. The maximum absolute atomic E-state index is 5.57. The predicted molar refractivity (Wildman–Crippen MR) is 60.4 cm³/mol. The standard InChI is InChI=1S/C12H9N3O/c1-2-4-9(5-3-1)16-12-14-10-6-7-13-8-11(10)15-12/h1-8H,(H,14,15). The van der Waals surface area contributed by atoms with E-state index in [4.69, 9.17) is 4.74 Å². The van der Waals surface area contributed by atoms with Crippen LogP contribution in [0.3, 0.4) is 0 Å². The second-order valence-electron chi connectivity index (χ2n) is 3.35. The van der Waals surface area contributed by atoms with Gasteiger partial charge in [-0.1, -0.05) is 18.2 Å². The Morgan fingerprint density at radius 3 is 2.75 bits per heavy atom. The molecule has 0 spiro atoms. The molecule has 0 radical (unpaired) electrons. The summed E-state index contributed by atoms with van der Waals surface area (Å²) in [5.41, 5.74) is 1.72. The molecule has 0 aliphatic heterocycles. The minimum Gasteiger partial charge on any atom is -0.426 e. The Morgan fingerprint density at radius 1 is 1.06 bits per heavy atom. The summed E-state index contributed by atoms with van der Waals surface area (Å²) in [6, 6.07) is 11.9. The fourth-order valence-corrected chi connectivity index (χ4v) is 1.48. The van der Waals surface area contributed by atoms with Crippen LogP contribution in [0, 0.1) is 0 Å². The first-order valence-corrected chi connectivity index (χ1v) is 4.94. The van der Waals surface area contributed by atoms with Crippen LogP contribution in [-0.4, -0.2) is 15.0 Å². The Balaban J connectivity index is 1.95. The van der Waals surface area contributed by atoms with Crippen molar-refractivity contribution in [2.75, 3.05) is 0 Å². The Labute approximate surface area is 91.9 Å². The summed E-state index contributed by atoms with van der Waals surface area (Å²) >= 11 is 0. The average Bonchev–Trinajstić information content (AvgIpc) is 2.72. The van der Waals surface area contributed by atoms with Crippen LogP contribution in [-0.2, 0) is 0 Å². The molecule has 0 saturated heterocycles. The van der Waals surface area contributed by atoms with E-state index in [-0.39, 0.29) is 0 Å². The fraction of sp³-hybridized carbons (Fsp3) is 0. The van der Waals surface area contributed by atoms with Gasteiger partial charge in [-0.2, -0.15) is 4.98 Å². The molecule has 1 N–H and O–H groups in total. The highest BCUT2D eigenvalue weighted by molar-refractivity contribution is 5.74. The highest BCUT2D eigenvalue weighted by atomic mass is 16.5. The molecule has 3 rings (SSSR count). The number of para-hydroxylation sites is 1. The number of benzene rings is 1. The van der Waals surface area contributed by atoms with Crippen molar-refractivity contribution >= 4 is 11.0 Å². The molecule has 78 valence electrons. The second-order valence-corrected chi connectivity index (χ2v) is 3.35. The summed E-state index contributed by atoms with van der Waals surface area (Å²) in [5.74, 6) is 0.759. The van der Waals surface area contributed by atoms with Gasteiger partial charge in [-0.05, 0) is 18.2 Å². The van der Waals surface area contributed by atoms with Gasteiger partial charge in [-0.3, -0.25) is 4.98 Å². The summed E-state index contributed by atoms with van der Waals surface area (Å²) in [5, 5.41) is 0. The van der Waals surface area contributed by atoms with Gasteiger partial charge < -0.3 is 9.72 Å². The smallest absolute Gasteiger partial charge is 0.300 e. The summed E-state index contributed by atoms with van der Waals surface area (Å²) in [7, 11) is 0. The first kappa shape index (κ1) is 8.91. The number of hydrogen-bond donors (Lipinski definition) is 1. The van der Waals surface area contributed by atoms with Gasteiger partial charge in [0.15, 0.2) is 0 Å². The van der Waals surface area contributed by atoms with E-state index in [9.17, 15) is 0 Å². The van der Waals surface area contributed by atoms with Crippen molar-refractivity contribution in [3.05, 3.63) is 48.8 Å². The highest BCUT2D eigenvalue weighted by Gasteiger charge is 2.03. The Hall–Kier alpha value is -2.36. The van der Waals surface area contributed by atoms with E-state index in [0.717, 1.165) is 16.8 Å². The van der Waals surface area contributed by atoms with Gasteiger partial charge in [-0.15, -0.1) is 0 Å². The van der Waals surface area contributed by atoms with Gasteiger partial charge in [0, 0.05) is 6.20 Å². The minimum atomic E-state index is 0.481. The number of imidazole rings is 1. The molecule has 0 aliphatic carbocycles. The maximum atomic E-state index is 5.57. The van der Waals surface area contributed by atoms with Gasteiger partial charge in [0.1, 0.15) is 5.75 Å². The van der Waals surface area contributed by atoms with E-state index in [0.29, 0.717) is 6.01 Å². The molecule has 3 aromatic rings. The zero-order valence-corrected chi connectivity index (χ0v) is 8.42. The lowest BCUT2D eigenvalue weighted by Crippen LogP contribution is -1.84. The van der Waals surface area contributed by atoms with Gasteiger partial charge in [0.25, 0.3) is 6.01 Å². The van der Waals surface area contributed by atoms with Crippen LogP contribution in [0.1, 0.15) is 0 Å². The lowest BCUT2D eigenvalue weighted by Gasteiger charge is -1.99. The zero-order chi connectivity index (χ0) is 10.8. The molecular weight excluding hydrogens is 202 g/mol. The number of nitrogens with one attached hydrogen (secondary N) is 1. The molecule has 0 bridgehead atoms. The molecule has 4 heteroatoms. The van der Waals surface area contributed by atoms with Crippen molar-refractivity contribution in [3.8, 4) is 11.8 Å². The third kappa shape index (κ3) is 1.61. The van der Waals surface area contributed by atoms with Gasteiger partial charge >= 0.3 is 0 Å². The lowest BCUT2D eigenvalue weighted by atomic mass is 10.3. The quantitative estimate of drug-likeness (QED) is 0.709. The number of hydrogen-bond acceptors (Lipinski definition) is 3. The van der Waals surface area contributed by atoms with Crippen molar-refractivity contribution in [2.45, 2.75) is 0 Å². The Morgan fingerprint density at radius 2 is 1.94 bits per heavy atom. The normalized spacial score (nSPS) is 10.5. The van der Waals surface area contributed by atoms with E-state index < -0.39 is 0 Å². The summed E-state index contributed by atoms with van der Waals surface area (Å²) in [4.78, 5) is 11.3. The number of H-pyrrole nitrogens is 1. The molecule has 0 amide bonds. The van der Waals surface area contributed by atoms with Gasteiger partial charge in [-0.25, -0.2) is 0 Å². The zero-order valence-electron chi connectivity index (χ0n) is 8.42. The minimum absolute atomic E-state index is 0.481. The van der Waals surface area contributed by atoms with E-state index in [2.05, 4.69) is 15.0 Å². The molecule has 1 aromatic carbocycles. The van der Waals surface area contributed by atoms with E-state index in [1.54, 1.807) is 12.4 Å². The van der Waals surface area contributed by atoms with E-state index >= 15 is 0 Å². The fourth-order valence-electron chi connectivity index (χ4n) is 1.48. The number of aromatic nitrogens is 3. The molecule has 0 fully saturated rings. The SMILES string of the molecule is c1ccc(Oc2nc3ccncc3[nH]2)cc1. The number of ether oxygens (including phenoxy) is 1. The molecule has 16 heavy (non-hydrogen) atoms. The van der Waals surface area contributed by atoms with Crippen molar-refractivity contribution in [1.29, 1.82) is 0 Å². The number of pyridine rings is 1. The van der Waals surface area contributed by atoms with Crippen LogP contribution < -0.4 is 4.74 Å². The molecular formula is C12H9N3O. The van der Waals surface area contributed by atoms with Crippen molar-refractivity contribution in [3.63, 3.8) is 0 Å². The molecule has 0 aliphatic rings. The number of nitrogens with zero attached hydrogens (tertiary/aromatic N) is 2. The second kappa shape index (κ2) is 3.66. The molecule has 0 unspecified atom stereocenters. The topological polar surface area (TPSA) is 50.8 Å². The summed E-state index contributed by atoms with van der Waals surface area (Å²) < 4.78 is 5.57. The molecule has 0 saturated carbocycles. The molecule has 2 aromatic heterocycles. The third-order valence-electron chi connectivity index (χ3n) is 2.22. The summed E-state index contributed by atoms with van der Waals surface area (Å²) in [6.07, 6.45) is 3.43. The van der Waals surface area contributed by atoms with Crippen LogP contribution >= 0.6 is 0 Å². The largest absolute Gasteiger partial charge is 0.426 e. The van der Waals surface area contributed by atoms with E-state index in [1.165, 1.54) is 0 Å². The average molecular weight is 211 g/mol. The predicted octanol–water partition coefficient (Wildman–Crippen LogP) is 2.75. The molecule has 0 atom stereocenters. The number of fused-ring (bicyclic) bond motifs is 1. The number of rotatable bonds is 2. The number of aromatic amines is 1. The monoisotopic (exact) mass is 211 g/mol. The lowest BCUT2D eigenvalue weighted by molar-refractivity contribution is 0.449. The van der Waals surface area contributed by atoms with Crippen LogP contribution in [0.15, 0.2) is 48.8 Å². The Kier molecular flexibility index (Phi) is 2.04. The van der Waals surface area contributed by atoms with Crippen LogP contribution in [0.4, 0.5) is 0 Å². The van der Waals surface area contributed by atoms with Crippen molar-refractivity contribution in [1.82, 2.24) is 15.0 Å². The van der Waals surface area contributed by atoms with Gasteiger partial charge in [0.2, 0.25) is 0 Å². The van der Waals surface area contributed by atoms with Crippen molar-refractivity contribution < 1.29 is 4.74 Å². The van der Waals surface area contributed by atoms with Crippen LogP contribution in [0.5, 0.6) is 11.8 Å². The van der Waals surface area contributed by atoms with Crippen molar-refractivity contribution in [2.24, 2.45) is 0 Å². The Bertz CT molecular complexity index is 571. The highest BCUT2D eigenvalue weighted by Crippen LogP contribution is 2.20. The molecule has 4 nitrogen and oxygen atoms in total. The first-order valence-electron chi connectivity index (χ1n) is 4.94. The third-order valence-corrected chi connectivity index (χ3v) is 2.22.